The minimum absolute atomic E-state index is 0.653. The average molecular weight is 318 g/mol. The smallest absolute Gasteiger partial charge is 0.164 e. The number of ether oxygens (including phenoxy) is 1. The molecule has 22 heavy (non-hydrogen) atoms. The van der Waals surface area contributed by atoms with Gasteiger partial charge in [0.15, 0.2) is 5.06 Å². The van der Waals surface area contributed by atoms with Crippen LogP contribution in [0, 0.1) is 0 Å². The van der Waals surface area contributed by atoms with Crippen molar-refractivity contribution >= 4 is 17.8 Å². The van der Waals surface area contributed by atoms with E-state index in [0.29, 0.717) is 13.0 Å². The molecule has 0 heterocycles. The summed E-state index contributed by atoms with van der Waals surface area (Å²) in [6, 6.07) is 10.1. The summed E-state index contributed by atoms with van der Waals surface area (Å²) < 4.78 is 5.81. The fraction of sp³-hybridized carbons (Fsp3) is 0.421. The third kappa shape index (κ3) is 5.78. The fourth-order valence-corrected chi connectivity index (χ4v) is 2.47. The van der Waals surface area contributed by atoms with Crippen molar-refractivity contribution in [3.05, 3.63) is 59.8 Å². The van der Waals surface area contributed by atoms with Crippen molar-refractivity contribution in [1.29, 1.82) is 0 Å². The molecule has 0 aliphatic heterocycles. The molecule has 0 amide bonds. The molecule has 0 radical (unpaired) electrons. The quantitative estimate of drug-likeness (QED) is 0.353. The first kappa shape index (κ1) is 17.0. The number of rotatable bonds is 8. The van der Waals surface area contributed by atoms with Gasteiger partial charge in [0.2, 0.25) is 0 Å². The van der Waals surface area contributed by atoms with E-state index in [2.05, 4.69) is 11.9 Å². The maximum Gasteiger partial charge on any atom is 0.164 e. The Labute approximate surface area is 138 Å². The van der Waals surface area contributed by atoms with Crippen LogP contribution in [0.15, 0.2) is 59.2 Å². The van der Waals surface area contributed by atoms with Crippen molar-refractivity contribution in [1.82, 2.24) is 0 Å². The predicted molar refractivity (Wildman–Crippen MR) is 94.6 cm³/mol. The summed E-state index contributed by atoms with van der Waals surface area (Å²) in [4.78, 5) is 4.47. The number of hydrogen-bond acceptors (Lipinski definition) is 2. The van der Waals surface area contributed by atoms with Crippen molar-refractivity contribution in [2.24, 2.45) is 4.99 Å². The molecule has 0 bridgehead atoms. The number of hydrogen-bond donors (Lipinski definition) is 0. The molecular weight excluding hydrogens is 294 g/mol. The van der Waals surface area contributed by atoms with E-state index in [4.69, 9.17) is 16.3 Å². The molecule has 1 aliphatic rings. The minimum atomic E-state index is -0.696. The number of benzene rings is 1. The van der Waals surface area contributed by atoms with E-state index in [1.54, 1.807) is 0 Å². The monoisotopic (exact) mass is 317 g/mol. The number of unbranched alkanes of at least 4 members (excludes halogenated alkanes) is 3. The summed E-state index contributed by atoms with van der Waals surface area (Å²) in [5, 5.41) is -0.696. The van der Waals surface area contributed by atoms with E-state index in [9.17, 15) is 0 Å². The Bertz CT molecular complexity index is 536. The van der Waals surface area contributed by atoms with Crippen LogP contribution in [0.5, 0.6) is 0 Å². The molecular formula is C19H24ClNO. The zero-order valence-corrected chi connectivity index (χ0v) is 13.9. The van der Waals surface area contributed by atoms with Gasteiger partial charge in [-0.15, -0.1) is 0 Å². The van der Waals surface area contributed by atoms with Gasteiger partial charge in [0.25, 0.3) is 0 Å². The van der Waals surface area contributed by atoms with E-state index >= 15 is 0 Å². The van der Waals surface area contributed by atoms with Gasteiger partial charge in [-0.25, -0.2) is 0 Å². The third-order valence-electron chi connectivity index (χ3n) is 3.59. The van der Waals surface area contributed by atoms with Crippen molar-refractivity contribution in [2.75, 3.05) is 6.61 Å². The molecule has 3 heteroatoms. The van der Waals surface area contributed by atoms with Crippen LogP contribution < -0.4 is 0 Å². The Morgan fingerprint density at radius 1 is 1.23 bits per heavy atom. The molecule has 2 rings (SSSR count). The number of aliphatic imine (C=N–C) groups is 1. The zero-order chi connectivity index (χ0) is 15.7. The van der Waals surface area contributed by atoms with Gasteiger partial charge in [-0.1, -0.05) is 74.2 Å². The summed E-state index contributed by atoms with van der Waals surface area (Å²) in [5.74, 6) is 0. The highest BCUT2D eigenvalue weighted by molar-refractivity contribution is 6.24. The SMILES string of the molecule is CCCCCCOC1(Cl)C=CC(N=Cc2ccccc2)=CC1. The van der Waals surface area contributed by atoms with E-state index in [-0.39, 0.29) is 0 Å². The van der Waals surface area contributed by atoms with E-state index in [1.165, 1.54) is 19.3 Å². The second kappa shape index (κ2) is 8.92. The topological polar surface area (TPSA) is 21.6 Å². The first-order valence-corrected chi connectivity index (χ1v) is 8.41. The molecule has 0 aromatic heterocycles. The Kier molecular flexibility index (Phi) is 6.88. The van der Waals surface area contributed by atoms with Gasteiger partial charge in [-0.05, 0) is 24.1 Å². The fourth-order valence-electron chi connectivity index (χ4n) is 2.25. The van der Waals surface area contributed by atoms with Gasteiger partial charge in [0, 0.05) is 19.2 Å². The summed E-state index contributed by atoms with van der Waals surface area (Å²) in [6.45, 7) is 2.92. The molecule has 1 aromatic rings. The molecule has 0 saturated heterocycles. The van der Waals surface area contributed by atoms with Crippen molar-refractivity contribution < 1.29 is 4.74 Å². The second-order valence-electron chi connectivity index (χ2n) is 5.53. The number of nitrogens with zero attached hydrogens (tertiary/aromatic N) is 1. The standard InChI is InChI=1S/C19H24ClNO/c1-2-3-4-8-15-22-19(20)13-11-18(12-14-19)21-16-17-9-6-5-7-10-17/h5-7,9-13,16H,2-4,8,14-15H2,1H3. The van der Waals surface area contributed by atoms with Crippen LogP contribution in [0.25, 0.3) is 0 Å². The lowest BCUT2D eigenvalue weighted by Crippen LogP contribution is -2.24. The highest BCUT2D eigenvalue weighted by Gasteiger charge is 2.25. The Morgan fingerprint density at radius 2 is 2.05 bits per heavy atom. The minimum Gasteiger partial charge on any atom is -0.356 e. The van der Waals surface area contributed by atoms with Gasteiger partial charge in [0.1, 0.15) is 0 Å². The van der Waals surface area contributed by atoms with E-state index in [1.807, 2.05) is 54.8 Å². The second-order valence-corrected chi connectivity index (χ2v) is 6.17. The molecule has 0 saturated carbocycles. The summed E-state index contributed by atoms with van der Waals surface area (Å²) in [7, 11) is 0. The summed E-state index contributed by atoms with van der Waals surface area (Å²) >= 11 is 6.46. The molecule has 118 valence electrons. The van der Waals surface area contributed by atoms with Crippen LogP contribution >= 0.6 is 11.6 Å². The van der Waals surface area contributed by atoms with E-state index < -0.39 is 5.06 Å². The normalized spacial score (nSPS) is 21.3. The molecule has 1 aromatic carbocycles. The zero-order valence-electron chi connectivity index (χ0n) is 13.2. The Morgan fingerprint density at radius 3 is 2.73 bits per heavy atom. The molecule has 0 N–H and O–H groups in total. The molecule has 2 nitrogen and oxygen atoms in total. The lowest BCUT2D eigenvalue weighted by Gasteiger charge is -2.25. The number of halogens is 1. The highest BCUT2D eigenvalue weighted by atomic mass is 35.5. The first-order valence-electron chi connectivity index (χ1n) is 8.03. The Hall–Kier alpha value is -1.38. The van der Waals surface area contributed by atoms with Gasteiger partial charge >= 0.3 is 0 Å². The maximum absolute atomic E-state index is 6.46. The molecule has 1 unspecified atom stereocenters. The third-order valence-corrected chi connectivity index (χ3v) is 3.98. The van der Waals surface area contributed by atoms with Crippen LogP contribution in [0.2, 0.25) is 0 Å². The number of alkyl halides is 1. The van der Waals surface area contributed by atoms with Gasteiger partial charge in [0.05, 0.1) is 5.70 Å². The van der Waals surface area contributed by atoms with E-state index in [0.717, 1.165) is 17.7 Å². The van der Waals surface area contributed by atoms with Gasteiger partial charge < -0.3 is 4.74 Å². The maximum atomic E-state index is 6.46. The largest absolute Gasteiger partial charge is 0.356 e. The average Bonchev–Trinajstić information content (AvgIpc) is 2.55. The van der Waals surface area contributed by atoms with Crippen molar-refractivity contribution in [3.63, 3.8) is 0 Å². The van der Waals surface area contributed by atoms with Crippen LogP contribution in [-0.4, -0.2) is 17.9 Å². The lowest BCUT2D eigenvalue weighted by molar-refractivity contribution is 0.0519. The molecule has 1 atom stereocenters. The van der Waals surface area contributed by atoms with Crippen molar-refractivity contribution in [3.8, 4) is 0 Å². The highest BCUT2D eigenvalue weighted by Crippen LogP contribution is 2.29. The Balaban J connectivity index is 1.79. The van der Waals surface area contributed by atoms with Gasteiger partial charge in [-0.3, -0.25) is 4.99 Å². The van der Waals surface area contributed by atoms with Crippen LogP contribution in [0.1, 0.15) is 44.6 Å². The van der Waals surface area contributed by atoms with Crippen LogP contribution in [0.3, 0.4) is 0 Å². The number of allylic oxidation sites excluding steroid dienone is 1. The van der Waals surface area contributed by atoms with Crippen molar-refractivity contribution in [2.45, 2.75) is 44.1 Å². The summed E-state index contributed by atoms with van der Waals surface area (Å²) in [6.07, 6.45) is 13.1. The molecule has 0 fully saturated rings. The summed E-state index contributed by atoms with van der Waals surface area (Å²) in [5.41, 5.74) is 2.02. The predicted octanol–water partition coefficient (Wildman–Crippen LogP) is 5.48. The van der Waals surface area contributed by atoms with Crippen LogP contribution in [0.4, 0.5) is 0 Å². The first-order chi connectivity index (χ1) is 10.7. The van der Waals surface area contributed by atoms with Gasteiger partial charge in [-0.2, -0.15) is 0 Å². The molecule has 0 spiro atoms. The van der Waals surface area contributed by atoms with Crippen LogP contribution in [-0.2, 0) is 4.74 Å². The molecule has 1 aliphatic carbocycles. The lowest BCUT2D eigenvalue weighted by atomic mass is 10.1.